The Balaban J connectivity index is 1.47. The first kappa shape index (κ1) is 12.5. The largest absolute Gasteiger partial charge is 0.278 e. The first-order valence-electron chi connectivity index (χ1n) is 9.04. The Morgan fingerprint density at radius 1 is 1.00 bits per heavy atom. The third-order valence-electron chi connectivity index (χ3n) is 7.45. The molecule has 0 spiro atoms. The molecule has 4 aliphatic rings. The summed E-state index contributed by atoms with van der Waals surface area (Å²) in [4.78, 5) is 0. The second kappa shape index (κ2) is 4.47. The molecule has 6 atom stereocenters. The average molecular weight is 282 g/mol. The van der Waals surface area contributed by atoms with Gasteiger partial charge in [-0.2, -0.15) is 5.10 Å². The quantitative estimate of drug-likeness (QED) is 0.748. The molecule has 0 amide bonds. The maximum Gasteiger partial charge on any atom is 0.0609 e. The molecule has 21 heavy (non-hydrogen) atoms. The standard InChI is InChI=1S/C19H26N2/c1-11-2-4-15-14(11)6-7-17-16(15)5-3-12-9-19-13(8-18(12)17)10-20-21-19/h9-11,14-18H,2-8H2,1H3,(H,20,21). The fraction of sp³-hybridized carbons (Fsp3) is 0.737. The number of fused-ring (bicyclic) bond motifs is 6. The summed E-state index contributed by atoms with van der Waals surface area (Å²) in [6, 6.07) is 0. The molecule has 0 aromatic carbocycles. The van der Waals surface area contributed by atoms with Gasteiger partial charge < -0.3 is 0 Å². The third kappa shape index (κ3) is 1.74. The van der Waals surface area contributed by atoms with Gasteiger partial charge in [0, 0.05) is 0 Å². The molecule has 2 nitrogen and oxygen atoms in total. The van der Waals surface area contributed by atoms with Gasteiger partial charge in [0.25, 0.3) is 0 Å². The third-order valence-corrected chi connectivity index (χ3v) is 7.45. The number of H-pyrrole nitrogens is 1. The van der Waals surface area contributed by atoms with Crippen molar-refractivity contribution in [3.63, 3.8) is 0 Å². The van der Waals surface area contributed by atoms with Crippen molar-refractivity contribution in [2.75, 3.05) is 0 Å². The van der Waals surface area contributed by atoms with Crippen molar-refractivity contribution in [1.29, 1.82) is 0 Å². The molecule has 4 aliphatic carbocycles. The first-order chi connectivity index (χ1) is 10.3. The Bertz CT molecular complexity index is 584. The Morgan fingerprint density at radius 2 is 1.81 bits per heavy atom. The zero-order chi connectivity index (χ0) is 14.0. The highest BCUT2D eigenvalue weighted by Gasteiger charge is 2.49. The fourth-order valence-electron chi connectivity index (χ4n) is 6.47. The van der Waals surface area contributed by atoms with Crippen LogP contribution in [-0.4, -0.2) is 10.2 Å². The topological polar surface area (TPSA) is 28.7 Å². The van der Waals surface area contributed by atoms with E-state index in [0.717, 1.165) is 35.5 Å². The van der Waals surface area contributed by atoms with Gasteiger partial charge in [-0.1, -0.05) is 18.9 Å². The SMILES string of the molecule is CC1CCC2C1CCC1C3Cc4cn[nH]c4C=C3CCC12. The maximum atomic E-state index is 4.26. The predicted molar refractivity (Wildman–Crippen MR) is 84.6 cm³/mol. The van der Waals surface area contributed by atoms with E-state index in [-0.39, 0.29) is 0 Å². The summed E-state index contributed by atoms with van der Waals surface area (Å²) >= 11 is 0. The lowest BCUT2D eigenvalue weighted by atomic mass is 9.55. The fourth-order valence-corrected chi connectivity index (χ4v) is 6.47. The Labute approximate surface area is 127 Å². The van der Waals surface area contributed by atoms with Crippen molar-refractivity contribution < 1.29 is 0 Å². The van der Waals surface area contributed by atoms with Gasteiger partial charge >= 0.3 is 0 Å². The molecule has 112 valence electrons. The number of aromatic amines is 1. The lowest BCUT2D eigenvalue weighted by Crippen LogP contribution is -2.41. The molecule has 0 aliphatic heterocycles. The molecule has 5 rings (SSSR count). The van der Waals surface area contributed by atoms with Crippen molar-refractivity contribution in [1.82, 2.24) is 10.2 Å². The minimum Gasteiger partial charge on any atom is -0.278 e. The van der Waals surface area contributed by atoms with Gasteiger partial charge in [0.15, 0.2) is 0 Å². The van der Waals surface area contributed by atoms with Crippen LogP contribution in [0, 0.1) is 35.5 Å². The van der Waals surface area contributed by atoms with Crippen molar-refractivity contribution in [3.8, 4) is 0 Å². The molecule has 3 fully saturated rings. The lowest BCUT2D eigenvalue weighted by Gasteiger charge is -2.49. The Morgan fingerprint density at radius 3 is 2.76 bits per heavy atom. The van der Waals surface area contributed by atoms with E-state index in [4.69, 9.17) is 0 Å². The molecule has 1 aromatic rings. The van der Waals surface area contributed by atoms with E-state index in [1.807, 2.05) is 0 Å². The van der Waals surface area contributed by atoms with Crippen LogP contribution in [0.1, 0.15) is 56.7 Å². The van der Waals surface area contributed by atoms with E-state index in [1.165, 1.54) is 56.2 Å². The summed E-state index contributed by atoms with van der Waals surface area (Å²) < 4.78 is 0. The van der Waals surface area contributed by atoms with E-state index < -0.39 is 0 Å². The van der Waals surface area contributed by atoms with E-state index in [9.17, 15) is 0 Å². The molecule has 3 saturated carbocycles. The maximum absolute atomic E-state index is 4.26. The zero-order valence-corrected chi connectivity index (χ0v) is 13.0. The Hall–Kier alpha value is -1.05. The van der Waals surface area contributed by atoms with E-state index in [2.05, 4.69) is 29.4 Å². The highest BCUT2D eigenvalue weighted by atomic mass is 15.1. The number of aromatic nitrogens is 2. The lowest BCUT2D eigenvalue weighted by molar-refractivity contribution is 0.0446. The van der Waals surface area contributed by atoms with Gasteiger partial charge in [0.2, 0.25) is 0 Å². The van der Waals surface area contributed by atoms with Gasteiger partial charge in [-0.25, -0.2) is 0 Å². The van der Waals surface area contributed by atoms with Gasteiger partial charge in [-0.05, 0) is 85.7 Å². The summed E-state index contributed by atoms with van der Waals surface area (Å²) in [5, 5.41) is 7.44. The molecule has 0 radical (unpaired) electrons. The molecule has 6 unspecified atom stereocenters. The van der Waals surface area contributed by atoms with E-state index in [0.29, 0.717) is 0 Å². The van der Waals surface area contributed by atoms with Gasteiger partial charge in [-0.3, -0.25) is 5.10 Å². The van der Waals surface area contributed by atoms with Crippen LogP contribution in [0.15, 0.2) is 11.8 Å². The van der Waals surface area contributed by atoms with Crippen molar-refractivity contribution >= 4 is 6.08 Å². The molecule has 1 N–H and O–H groups in total. The van der Waals surface area contributed by atoms with Gasteiger partial charge in [0.1, 0.15) is 0 Å². The molecule has 1 heterocycles. The number of allylic oxidation sites excluding steroid dienone is 1. The number of nitrogens with one attached hydrogen (secondary N) is 1. The molecule has 0 bridgehead atoms. The number of nitrogens with zero attached hydrogens (tertiary/aromatic N) is 1. The van der Waals surface area contributed by atoms with Crippen LogP contribution in [-0.2, 0) is 6.42 Å². The summed E-state index contributed by atoms with van der Waals surface area (Å²) in [6.45, 7) is 2.51. The van der Waals surface area contributed by atoms with Crippen LogP contribution in [0.4, 0.5) is 0 Å². The van der Waals surface area contributed by atoms with Crippen molar-refractivity contribution in [3.05, 3.63) is 23.0 Å². The summed E-state index contributed by atoms with van der Waals surface area (Å²) in [5.41, 5.74) is 4.49. The predicted octanol–water partition coefficient (Wildman–Crippen LogP) is 4.45. The first-order valence-corrected chi connectivity index (χ1v) is 9.04. The minimum atomic E-state index is 0.839. The smallest absolute Gasteiger partial charge is 0.0609 e. The molecule has 1 aromatic heterocycles. The van der Waals surface area contributed by atoms with E-state index in [1.54, 1.807) is 5.57 Å². The second-order valence-corrected chi connectivity index (χ2v) is 8.16. The molecular formula is C19H26N2. The average Bonchev–Trinajstić information content (AvgIpc) is 3.11. The summed E-state index contributed by atoms with van der Waals surface area (Å²) in [7, 11) is 0. The van der Waals surface area contributed by atoms with E-state index >= 15 is 0 Å². The zero-order valence-electron chi connectivity index (χ0n) is 13.0. The van der Waals surface area contributed by atoms with Crippen LogP contribution < -0.4 is 0 Å². The van der Waals surface area contributed by atoms with Gasteiger partial charge in [0.05, 0.1) is 11.9 Å². The number of hydrogen-bond donors (Lipinski definition) is 1. The minimum absolute atomic E-state index is 0.839. The second-order valence-electron chi connectivity index (χ2n) is 8.16. The normalized spacial score (nSPS) is 44.3. The molecule has 2 heteroatoms. The van der Waals surface area contributed by atoms with Crippen LogP contribution in [0.5, 0.6) is 0 Å². The number of hydrogen-bond acceptors (Lipinski definition) is 1. The summed E-state index contributed by atoms with van der Waals surface area (Å²) in [5.74, 6) is 5.96. The summed E-state index contributed by atoms with van der Waals surface area (Å²) in [6.07, 6.45) is 14.6. The highest BCUT2D eigenvalue weighted by molar-refractivity contribution is 5.57. The number of rotatable bonds is 0. The monoisotopic (exact) mass is 282 g/mol. The van der Waals surface area contributed by atoms with Crippen molar-refractivity contribution in [2.24, 2.45) is 35.5 Å². The Kier molecular flexibility index (Phi) is 2.66. The molecular weight excluding hydrogens is 256 g/mol. The van der Waals surface area contributed by atoms with Crippen LogP contribution in [0.2, 0.25) is 0 Å². The van der Waals surface area contributed by atoms with Crippen molar-refractivity contribution in [2.45, 2.75) is 51.9 Å². The molecule has 0 saturated heterocycles. The van der Waals surface area contributed by atoms with Crippen LogP contribution in [0.3, 0.4) is 0 Å². The van der Waals surface area contributed by atoms with Crippen LogP contribution in [0.25, 0.3) is 6.08 Å². The highest BCUT2D eigenvalue weighted by Crippen LogP contribution is 2.58. The van der Waals surface area contributed by atoms with Crippen LogP contribution >= 0.6 is 0 Å². The van der Waals surface area contributed by atoms with Gasteiger partial charge in [-0.15, -0.1) is 0 Å².